The Kier molecular flexibility index (Phi) is 29.0. The van der Waals surface area contributed by atoms with E-state index in [1.54, 1.807) is 42.2 Å². The number of fused-ring (bicyclic) bond motifs is 15. The van der Waals surface area contributed by atoms with Crippen molar-refractivity contribution in [2.45, 2.75) is 229 Å². The first-order valence-electron chi connectivity index (χ1n) is 45.0. The Morgan fingerprint density at radius 1 is 0.333 bits per heavy atom. The van der Waals surface area contributed by atoms with Gasteiger partial charge >= 0.3 is 29.8 Å². The summed E-state index contributed by atoms with van der Waals surface area (Å²) >= 11 is 32.1. The molecule has 5 aliphatic rings. The van der Waals surface area contributed by atoms with E-state index in [1.807, 2.05) is 133 Å². The third-order valence-corrected chi connectivity index (χ3v) is 29.1. The van der Waals surface area contributed by atoms with Crippen molar-refractivity contribution < 1.29 is 54.3 Å². The fraction of sp³-hybridized carbons (Fsp3) is 0.324. The molecule has 680 valence electrons. The van der Waals surface area contributed by atoms with Crippen LogP contribution >= 0.6 is 69.8 Å². The molecule has 0 radical (unpaired) electrons. The zero-order chi connectivity index (χ0) is 93.0. The summed E-state index contributed by atoms with van der Waals surface area (Å²) in [7, 11) is 0. The number of carboxylic acid groups (broad SMARTS) is 5. The molecule has 15 aromatic rings. The van der Waals surface area contributed by atoms with Gasteiger partial charge in [-0.15, -0.1) is 0 Å². The lowest BCUT2D eigenvalue weighted by Crippen LogP contribution is -2.20. The van der Waals surface area contributed by atoms with E-state index < -0.39 is 29.8 Å². The molecular weight excluding hydrogens is 1790 g/mol. The Hall–Kier alpha value is -11.6. The summed E-state index contributed by atoms with van der Waals surface area (Å²) in [6, 6.07) is 46.8. The number of nitrogens with zero attached hydrogens (tertiary/aromatic N) is 10. The average Bonchev–Trinajstić information content (AvgIpc) is 1.54. The number of benzene rings is 5. The minimum Gasteiger partial charge on any atom is -0.481 e. The van der Waals surface area contributed by atoms with Crippen molar-refractivity contribution in [1.29, 1.82) is 0 Å². The number of halogens is 5. The van der Waals surface area contributed by atoms with Gasteiger partial charge in [0.2, 0.25) is 0 Å². The number of pyridine rings is 5. The van der Waals surface area contributed by atoms with Crippen molar-refractivity contribution in [3.8, 4) is 0 Å². The number of aliphatic carboxylic acids is 5. The average molecular weight is 1890 g/mol. The van der Waals surface area contributed by atoms with Crippen molar-refractivity contribution >= 4 is 161 Å². The van der Waals surface area contributed by atoms with E-state index >= 15 is 0 Å². The topological polar surface area (TPSA) is 293 Å². The molecule has 15 heterocycles. The second kappa shape index (κ2) is 40.8. The van der Waals surface area contributed by atoms with Crippen molar-refractivity contribution in [2.75, 3.05) is 0 Å². The maximum absolute atomic E-state index is 13.5. The lowest BCUT2D eigenvalue weighted by molar-refractivity contribution is -0.138. The summed E-state index contributed by atoms with van der Waals surface area (Å²) in [6.07, 6.45) is 21.2. The van der Waals surface area contributed by atoms with Crippen LogP contribution in [0.1, 0.15) is 237 Å². The fourth-order valence-electron chi connectivity index (χ4n) is 20.8. The van der Waals surface area contributed by atoms with Gasteiger partial charge in [0.25, 0.3) is 0 Å². The number of aryl methyl sites for hydroxylation is 11. The maximum atomic E-state index is 13.5. The van der Waals surface area contributed by atoms with Gasteiger partial charge < -0.3 is 48.4 Å². The molecule has 21 nitrogen and oxygen atoms in total. The van der Waals surface area contributed by atoms with Gasteiger partial charge in [-0.05, 0) is 289 Å². The Bertz CT molecular complexity index is 6560. The largest absolute Gasteiger partial charge is 0.481 e. The molecule has 0 spiro atoms. The molecule has 5 atom stereocenters. The minimum atomic E-state index is -0.853. The van der Waals surface area contributed by atoms with Gasteiger partial charge in [-0.25, -0.2) is 24.9 Å². The first kappa shape index (κ1) is 93.6. The maximum Gasteiger partial charge on any atom is 0.304 e. The molecule has 20 rings (SSSR count). The first-order chi connectivity index (χ1) is 63.5. The van der Waals surface area contributed by atoms with E-state index in [-0.39, 0.29) is 67.5 Å². The standard InChI is InChI=1S/C21H20Cl2N2O2.C21H19ClN2O3.2C21H21ClN2O2.C21H22N2O2S/c1-12-6-7-24-21-19(12)15(9-13-4-5-16(22)17(23)10-13)20-14(11-18(26)27)3-2-8-25(20)21;1-12-8-9-23-21-17(12)18(20(27)13-4-6-15(22)7-5-13)19-14(11-16(25)26)3-2-10-24(19)21;2*1-13-8-9-23-21-19(13)17(11-14-4-6-16(22)7-5-14)20-15(12-18(25)26)3-2-10-24(20)21;1-13-5-7-16(8-6-13)26-20-18-14(2)9-10-22-21(18)23-11-3-4-15(19(20)23)12-17(24)25/h4-7,10,14H,2-3,8-9,11H2,1H3,(H,26,27);4-9,14H,2-3,10-11H2,1H3,(H,25,26);2*4-9,15H,2-3,10-12H2,1H3,(H,25,26);5-10,15H,3-4,11-12H2,1-2H3,(H,24,25). The summed E-state index contributed by atoms with van der Waals surface area (Å²) in [5.41, 5.74) is 25.1. The van der Waals surface area contributed by atoms with Crippen molar-refractivity contribution in [1.82, 2.24) is 47.8 Å². The van der Waals surface area contributed by atoms with Crippen LogP contribution in [-0.4, -0.2) is 109 Å². The van der Waals surface area contributed by atoms with Crippen LogP contribution in [0.4, 0.5) is 0 Å². The van der Waals surface area contributed by atoms with Crippen LogP contribution in [0.5, 0.6) is 0 Å². The summed E-state index contributed by atoms with van der Waals surface area (Å²) in [5, 5.41) is 55.5. The Morgan fingerprint density at radius 2 is 0.629 bits per heavy atom. The lowest BCUT2D eigenvalue weighted by atomic mass is 9.87. The molecule has 0 aliphatic carbocycles. The number of ketones is 1. The predicted octanol–water partition coefficient (Wildman–Crippen LogP) is 25.2. The normalized spacial score (nSPS) is 16.5. The highest BCUT2D eigenvalue weighted by atomic mass is 35.5. The third kappa shape index (κ3) is 20.0. The van der Waals surface area contributed by atoms with E-state index in [9.17, 15) is 54.3 Å². The van der Waals surface area contributed by atoms with Gasteiger partial charge in [0.15, 0.2) is 5.78 Å². The van der Waals surface area contributed by atoms with E-state index in [4.69, 9.17) is 58.0 Å². The van der Waals surface area contributed by atoms with Crippen LogP contribution in [-0.2, 0) is 76.0 Å². The molecule has 0 bridgehead atoms. The number of hydrogen-bond donors (Lipinski definition) is 5. The molecule has 5 unspecified atom stereocenters. The van der Waals surface area contributed by atoms with Gasteiger partial charge in [-0.3, -0.25) is 28.8 Å². The molecule has 5 aromatic carbocycles. The van der Waals surface area contributed by atoms with Crippen LogP contribution in [0.2, 0.25) is 25.1 Å². The number of carbonyl (C=O) groups is 6. The fourth-order valence-corrected chi connectivity index (χ4v) is 22.7. The molecule has 27 heteroatoms. The SMILES string of the molecule is Cc1ccc(Sc2c3n(c4nccc(C)c24)CCCC3CC(=O)O)cc1.Cc1ccnc2c1c(C(=O)c1ccc(Cl)cc1)c1n2CCCC1CC(=O)O.Cc1ccnc2c1c(Cc1ccc(Cl)c(Cl)c1)c1n2CCCC1CC(=O)O.Cc1ccnc2c1c(Cc1ccc(Cl)cc1)c1n2CCCC1CC(=O)O.Cc1ccnc2c1c(Cc1ccc(Cl)cc1)c1n2CCCC1CC(=O)O. The van der Waals surface area contributed by atoms with Crippen molar-refractivity contribution in [3.05, 3.63) is 308 Å². The lowest BCUT2D eigenvalue weighted by Gasteiger charge is -2.25. The molecule has 5 N–H and O–H groups in total. The van der Waals surface area contributed by atoms with Crippen LogP contribution < -0.4 is 0 Å². The first-order valence-corrected chi connectivity index (χ1v) is 47.7. The second-order valence-electron chi connectivity index (χ2n) is 35.4. The highest BCUT2D eigenvalue weighted by Crippen LogP contribution is 2.49. The molecule has 0 saturated carbocycles. The summed E-state index contributed by atoms with van der Waals surface area (Å²) in [5.74, 6) is -4.01. The second-order valence-corrected chi connectivity index (χ2v) is 38.6. The summed E-state index contributed by atoms with van der Waals surface area (Å²) in [4.78, 5) is 96.1. The van der Waals surface area contributed by atoms with Crippen LogP contribution in [0.25, 0.3) is 55.2 Å². The number of carboxylic acids is 5. The molecule has 10 aromatic heterocycles. The van der Waals surface area contributed by atoms with Crippen LogP contribution in [0.3, 0.4) is 0 Å². The highest BCUT2D eigenvalue weighted by Gasteiger charge is 2.38. The van der Waals surface area contributed by atoms with Gasteiger partial charge in [0.1, 0.15) is 28.2 Å². The smallest absolute Gasteiger partial charge is 0.304 e. The van der Waals surface area contributed by atoms with Crippen LogP contribution in [0, 0.1) is 41.5 Å². The van der Waals surface area contributed by atoms with Gasteiger partial charge in [-0.2, -0.15) is 0 Å². The summed E-state index contributed by atoms with van der Waals surface area (Å²) < 4.78 is 11.0. The van der Waals surface area contributed by atoms with Crippen molar-refractivity contribution in [2.24, 2.45) is 0 Å². The minimum absolute atomic E-state index is 0.00243. The highest BCUT2D eigenvalue weighted by molar-refractivity contribution is 7.99. The quantitative estimate of drug-likeness (QED) is 0.0443. The van der Waals surface area contributed by atoms with E-state index in [0.29, 0.717) is 32.6 Å². The Morgan fingerprint density at radius 3 is 0.992 bits per heavy atom. The Labute approximate surface area is 794 Å². The zero-order valence-corrected chi connectivity index (χ0v) is 78.9. The number of carbonyl (C=O) groups excluding carboxylic acids is 1. The molecule has 0 fully saturated rings. The van der Waals surface area contributed by atoms with Crippen LogP contribution in [0.15, 0.2) is 186 Å². The number of hydrogen-bond acceptors (Lipinski definition) is 12. The van der Waals surface area contributed by atoms with E-state index in [1.165, 1.54) is 76.0 Å². The van der Waals surface area contributed by atoms with E-state index in [0.717, 1.165) is 204 Å². The monoisotopic (exact) mass is 1890 g/mol. The third-order valence-electron chi connectivity index (χ3n) is 26.5. The summed E-state index contributed by atoms with van der Waals surface area (Å²) in [6.45, 7) is 16.8. The molecular formula is C105H103Cl5N10O11S. The van der Waals surface area contributed by atoms with Gasteiger partial charge in [0.05, 0.1) is 47.7 Å². The number of aromatic nitrogens is 10. The van der Waals surface area contributed by atoms with E-state index in [2.05, 4.69) is 102 Å². The zero-order valence-electron chi connectivity index (χ0n) is 74.3. The molecule has 132 heavy (non-hydrogen) atoms. The predicted molar refractivity (Wildman–Crippen MR) is 521 cm³/mol. The molecule has 5 aliphatic heterocycles. The Balaban J connectivity index is 0.000000120. The molecule has 0 saturated heterocycles. The van der Waals surface area contributed by atoms with Gasteiger partial charge in [0, 0.05) is 179 Å². The van der Waals surface area contributed by atoms with Crippen molar-refractivity contribution in [3.63, 3.8) is 0 Å². The van der Waals surface area contributed by atoms with Gasteiger partial charge in [-0.1, -0.05) is 118 Å². The molecule has 0 amide bonds. The number of rotatable bonds is 20.